The zero-order valence-electron chi connectivity index (χ0n) is 11.2. The van der Waals surface area contributed by atoms with E-state index in [2.05, 4.69) is 5.32 Å². The largest absolute Gasteiger partial charge is 0.388 e. The standard InChI is InChI=1S/C14H20ClNO3/c1-14(18,8-9-19-2)10-16-13(17)12(15)11-6-4-3-5-7-11/h3-7,12,18H,8-10H2,1-2H3,(H,16,17). The second-order valence-corrected chi connectivity index (χ2v) is 5.17. The van der Waals surface area contributed by atoms with E-state index < -0.39 is 11.0 Å². The summed E-state index contributed by atoms with van der Waals surface area (Å²) >= 11 is 6.07. The van der Waals surface area contributed by atoms with E-state index >= 15 is 0 Å². The Bertz CT molecular complexity index is 395. The van der Waals surface area contributed by atoms with Crippen LogP contribution in [0.25, 0.3) is 0 Å². The van der Waals surface area contributed by atoms with Crippen molar-refractivity contribution in [3.63, 3.8) is 0 Å². The number of methoxy groups -OCH3 is 1. The highest BCUT2D eigenvalue weighted by molar-refractivity contribution is 6.30. The molecule has 106 valence electrons. The first kappa shape index (κ1) is 16.0. The number of aliphatic hydroxyl groups is 1. The zero-order chi connectivity index (χ0) is 14.3. The summed E-state index contributed by atoms with van der Waals surface area (Å²) in [4.78, 5) is 11.9. The number of benzene rings is 1. The highest BCUT2D eigenvalue weighted by Crippen LogP contribution is 2.20. The molecular formula is C14H20ClNO3. The SMILES string of the molecule is COCCC(C)(O)CNC(=O)C(Cl)c1ccccc1. The number of alkyl halides is 1. The second kappa shape index (κ2) is 7.48. The maximum Gasteiger partial charge on any atom is 0.242 e. The molecule has 0 bridgehead atoms. The molecule has 1 amide bonds. The van der Waals surface area contributed by atoms with E-state index in [0.29, 0.717) is 13.0 Å². The summed E-state index contributed by atoms with van der Waals surface area (Å²) in [7, 11) is 1.57. The molecule has 19 heavy (non-hydrogen) atoms. The average Bonchev–Trinajstić information content (AvgIpc) is 2.43. The Kier molecular flexibility index (Phi) is 6.28. The fourth-order valence-electron chi connectivity index (χ4n) is 1.55. The topological polar surface area (TPSA) is 58.6 Å². The van der Waals surface area contributed by atoms with Gasteiger partial charge >= 0.3 is 0 Å². The van der Waals surface area contributed by atoms with Crippen LogP contribution in [0.15, 0.2) is 30.3 Å². The lowest BCUT2D eigenvalue weighted by atomic mass is 10.0. The first-order chi connectivity index (χ1) is 8.96. The van der Waals surface area contributed by atoms with Crippen molar-refractivity contribution in [3.8, 4) is 0 Å². The lowest BCUT2D eigenvalue weighted by molar-refractivity contribution is -0.122. The maximum absolute atomic E-state index is 11.9. The van der Waals surface area contributed by atoms with Gasteiger partial charge < -0.3 is 15.2 Å². The predicted molar refractivity (Wildman–Crippen MR) is 75.2 cm³/mol. The van der Waals surface area contributed by atoms with Crippen LogP contribution in [0.5, 0.6) is 0 Å². The van der Waals surface area contributed by atoms with E-state index in [0.717, 1.165) is 5.56 Å². The van der Waals surface area contributed by atoms with Crippen molar-refractivity contribution < 1.29 is 14.6 Å². The first-order valence-corrected chi connectivity index (χ1v) is 6.58. The van der Waals surface area contributed by atoms with Crippen molar-refractivity contribution in [1.82, 2.24) is 5.32 Å². The Morgan fingerprint density at radius 3 is 2.68 bits per heavy atom. The lowest BCUT2D eigenvalue weighted by Gasteiger charge is -2.24. The minimum absolute atomic E-state index is 0.144. The summed E-state index contributed by atoms with van der Waals surface area (Å²) in [5.41, 5.74) is -0.267. The zero-order valence-corrected chi connectivity index (χ0v) is 12.0. The third-order valence-corrected chi connectivity index (χ3v) is 3.26. The molecule has 0 spiro atoms. The van der Waals surface area contributed by atoms with Gasteiger partial charge in [0.15, 0.2) is 0 Å². The highest BCUT2D eigenvalue weighted by Gasteiger charge is 2.23. The van der Waals surface area contributed by atoms with Crippen LogP contribution >= 0.6 is 11.6 Å². The van der Waals surface area contributed by atoms with Crippen molar-refractivity contribution in [2.45, 2.75) is 24.3 Å². The summed E-state index contributed by atoms with van der Waals surface area (Å²) in [6.45, 7) is 2.23. The molecule has 2 unspecified atom stereocenters. The maximum atomic E-state index is 11.9. The molecule has 0 saturated carbocycles. The minimum atomic E-state index is -1.00. The number of halogens is 1. The quantitative estimate of drug-likeness (QED) is 0.752. The third-order valence-electron chi connectivity index (χ3n) is 2.81. The molecule has 0 fully saturated rings. The van der Waals surface area contributed by atoms with Gasteiger partial charge in [0.05, 0.1) is 5.60 Å². The van der Waals surface area contributed by atoms with E-state index in [9.17, 15) is 9.90 Å². The lowest BCUT2D eigenvalue weighted by Crippen LogP contribution is -2.42. The molecule has 0 aromatic heterocycles. The molecule has 1 rings (SSSR count). The molecule has 0 heterocycles. The van der Waals surface area contributed by atoms with Gasteiger partial charge in [-0.3, -0.25) is 4.79 Å². The minimum Gasteiger partial charge on any atom is -0.388 e. The summed E-state index contributed by atoms with van der Waals surface area (Å²) in [5.74, 6) is -0.314. The van der Waals surface area contributed by atoms with E-state index in [1.807, 2.05) is 18.2 Å². The van der Waals surface area contributed by atoms with Crippen LogP contribution in [0.1, 0.15) is 24.3 Å². The van der Waals surface area contributed by atoms with Crippen LogP contribution in [0, 0.1) is 0 Å². The molecule has 0 radical (unpaired) electrons. The van der Waals surface area contributed by atoms with Gasteiger partial charge in [0.2, 0.25) is 5.91 Å². The van der Waals surface area contributed by atoms with Crippen LogP contribution < -0.4 is 5.32 Å². The van der Waals surface area contributed by atoms with Crippen molar-refractivity contribution in [2.24, 2.45) is 0 Å². The van der Waals surface area contributed by atoms with Crippen LogP contribution in [0.2, 0.25) is 0 Å². The van der Waals surface area contributed by atoms with Crippen LogP contribution in [0.3, 0.4) is 0 Å². The Labute approximate surface area is 118 Å². The van der Waals surface area contributed by atoms with Gasteiger partial charge in [0.1, 0.15) is 5.38 Å². The normalized spacial score (nSPS) is 15.6. The molecule has 5 heteroatoms. The van der Waals surface area contributed by atoms with E-state index in [1.165, 1.54) is 0 Å². The van der Waals surface area contributed by atoms with Gasteiger partial charge in [0.25, 0.3) is 0 Å². The molecule has 1 aromatic carbocycles. The van der Waals surface area contributed by atoms with Crippen LogP contribution in [-0.2, 0) is 9.53 Å². The molecule has 0 aliphatic heterocycles. The van der Waals surface area contributed by atoms with Gasteiger partial charge in [-0.2, -0.15) is 0 Å². The van der Waals surface area contributed by atoms with E-state index in [1.54, 1.807) is 26.2 Å². The number of nitrogens with one attached hydrogen (secondary N) is 1. The number of rotatable bonds is 7. The Hall–Kier alpha value is -1.10. The Morgan fingerprint density at radius 1 is 1.47 bits per heavy atom. The molecule has 2 N–H and O–H groups in total. The average molecular weight is 286 g/mol. The number of hydrogen-bond acceptors (Lipinski definition) is 3. The number of amides is 1. The Balaban J connectivity index is 2.47. The monoisotopic (exact) mass is 285 g/mol. The van der Waals surface area contributed by atoms with Gasteiger partial charge in [0, 0.05) is 26.7 Å². The smallest absolute Gasteiger partial charge is 0.242 e. The summed E-state index contributed by atoms with van der Waals surface area (Å²) < 4.78 is 4.90. The van der Waals surface area contributed by atoms with E-state index in [-0.39, 0.29) is 12.5 Å². The first-order valence-electron chi connectivity index (χ1n) is 6.14. The molecular weight excluding hydrogens is 266 g/mol. The molecule has 0 aliphatic carbocycles. The number of hydrogen-bond donors (Lipinski definition) is 2. The summed E-state index contributed by atoms with van der Waals surface area (Å²) in [6.07, 6.45) is 0.446. The van der Waals surface area contributed by atoms with Gasteiger partial charge in [-0.1, -0.05) is 30.3 Å². The summed E-state index contributed by atoms with van der Waals surface area (Å²) in [6, 6.07) is 9.10. The second-order valence-electron chi connectivity index (χ2n) is 4.73. The van der Waals surface area contributed by atoms with Gasteiger partial charge in [-0.15, -0.1) is 11.6 Å². The highest BCUT2D eigenvalue weighted by atomic mass is 35.5. The van der Waals surface area contributed by atoms with Crippen LogP contribution in [-0.4, -0.2) is 36.9 Å². The van der Waals surface area contributed by atoms with Crippen molar-refractivity contribution >= 4 is 17.5 Å². The van der Waals surface area contributed by atoms with Crippen LogP contribution in [0.4, 0.5) is 0 Å². The van der Waals surface area contributed by atoms with Crippen molar-refractivity contribution in [1.29, 1.82) is 0 Å². The van der Waals surface area contributed by atoms with E-state index in [4.69, 9.17) is 16.3 Å². The summed E-state index contributed by atoms with van der Waals surface area (Å²) in [5, 5.41) is 11.9. The van der Waals surface area contributed by atoms with Gasteiger partial charge in [-0.25, -0.2) is 0 Å². The fourth-order valence-corrected chi connectivity index (χ4v) is 1.77. The molecule has 0 aliphatic rings. The number of carbonyl (C=O) groups excluding carboxylic acids is 1. The number of carbonyl (C=O) groups is 1. The van der Waals surface area contributed by atoms with Gasteiger partial charge in [-0.05, 0) is 12.5 Å². The third kappa shape index (κ3) is 5.59. The number of ether oxygens (including phenoxy) is 1. The molecule has 4 nitrogen and oxygen atoms in total. The van der Waals surface area contributed by atoms with Crippen molar-refractivity contribution in [3.05, 3.63) is 35.9 Å². The molecule has 1 aromatic rings. The Morgan fingerprint density at radius 2 is 2.11 bits per heavy atom. The predicted octanol–water partition coefficient (Wildman–Crippen LogP) is 1.87. The fraction of sp³-hybridized carbons (Fsp3) is 0.500. The van der Waals surface area contributed by atoms with Crippen molar-refractivity contribution in [2.75, 3.05) is 20.3 Å². The molecule has 0 saturated heterocycles. The molecule has 2 atom stereocenters.